The maximum atomic E-state index is 13.0. The predicted molar refractivity (Wildman–Crippen MR) is 168 cm³/mol. The van der Waals surface area contributed by atoms with Crippen LogP contribution in [0.25, 0.3) is 0 Å². The molecule has 0 aliphatic heterocycles. The lowest BCUT2D eigenvalue weighted by Crippen LogP contribution is -2.50. The average Bonchev–Trinajstić information content (AvgIpc) is 2.99. The Morgan fingerprint density at radius 2 is 1.52 bits per heavy atom. The number of benzene rings is 1. The molecule has 3 N–H and O–H groups in total. The van der Waals surface area contributed by atoms with Crippen molar-refractivity contribution >= 4 is 52.8 Å². The van der Waals surface area contributed by atoms with Crippen LogP contribution in [-0.2, 0) is 33.4 Å². The van der Waals surface area contributed by atoms with Crippen molar-refractivity contribution in [3.05, 3.63) is 38.4 Å². The number of nitrogens with zero attached hydrogens (tertiary/aromatic N) is 2. The van der Waals surface area contributed by atoms with Crippen LogP contribution < -0.4 is 16.0 Å². The van der Waals surface area contributed by atoms with Crippen LogP contribution >= 0.6 is 11.8 Å². The number of nitro groups is 2. The third-order valence-corrected chi connectivity index (χ3v) is 7.35. The molecule has 46 heavy (non-hydrogen) atoms. The van der Waals surface area contributed by atoms with E-state index in [1.807, 2.05) is 27.7 Å². The minimum Gasteiger partial charge on any atom is -0.464 e. The molecule has 0 spiro atoms. The van der Waals surface area contributed by atoms with E-state index in [4.69, 9.17) is 9.47 Å². The van der Waals surface area contributed by atoms with Gasteiger partial charge in [-0.2, -0.15) is 0 Å². The second kappa shape index (κ2) is 21.5. The van der Waals surface area contributed by atoms with Crippen LogP contribution in [0.15, 0.2) is 23.1 Å². The second-order valence-corrected chi connectivity index (χ2v) is 11.7. The molecule has 0 heterocycles. The minimum atomic E-state index is -1.32. The fourth-order valence-electron chi connectivity index (χ4n) is 3.74. The molecule has 1 aromatic rings. The molecule has 2 atom stereocenters. The fourth-order valence-corrected chi connectivity index (χ4v) is 4.76. The summed E-state index contributed by atoms with van der Waals surface area (Å²) in [6.07, 6.45) is 2.53. The van der Waals surface area contributed by atoms with Gasteiger partial charge in [0, 0.05) is 24.7 Å². The molecule has 0 radical (unpaired) electrons. The number of hydrogen-bond donors (Lipinski definition) is 3. The lowest BCUT2D eigenvalue weighted by atomic mass is 10.1. The number of amides is 3. The molecule has 0 saturated heterocycles. The van der Waals surface area contributed by atoms with Crippen molar-refractivity contribution < 1.29 is 43.3 Å². The van der Waals surface area contributed by atoms with Crippen LogP contribution in [0.1, 0.15) is 72.6 Å². The van der Waals surface area contributed by atoms with Crippen LogP contribution in [0.3, 0.4) is 0 Å². The average molecular weight is 670 g/mol. The van der Waals surface area contributed by atoms with Gasteiger partial charge in [0.05, 0.1) is 34.0 Å². The number of ether oxygens (including phenoxy) is 2. The number of esters is 2. The molecule has 0 saturated carbocycles. The van der Waals surface area contributed by atoms with Gasteiger partial charge in [-0.15, -0.1) is 11.8 Å². The largest absolute Gasteiger partial charge is 0.464 e. The highest BCUT2D eigenvalue weighted by Crippen LogP contribution is 2.32. The Kier molecular flexibility index (Phi) is 18.5. The third kappa shape index (κ3) is 15.6. The molecule has 1 rings (SSSR count). The predicted octanol–water partition coefficient (Wildman–Crippen LogP) is 3.19. The molecule has 0 aliphatic carbocycles. The normalized spacial score (nSPS) is 12.0. The van der Waals surface area contributed by atoms with E-state index in [9.17, 15) is 44.2 Å². The van der Waals surface area contributed by atoms with Gasteiger partial charge in [0.25, 0.3) is 11.4 Å². The summed E-state index contributed by atoms with van der Waals surface area (Å²) in [6, 6.07) is 0.590. The fraction of sp³-hybridized carbons (Fsp3) is 0.621. The van der Waals surface area contributed by atoms with Gasteiger partial charge in [-0.1, -0.05) is 40.5 Å². The first-order chi connectivity index (χ1) is 21.8. The zero-order chi connectivity index (χ0) is 34.6. The molecule has 0 aromatic heterocycles. The number of nitro benzene ring substituents is 2. The number of carbonyl (C=O) groups excluding carboxylic acids is 5. The van der Waals surface area contributed by atoms with E-state index in [1.54, 1.807) is 0 Å². The van der Waals surface area contributed by atoms with Gasteiger partial charge < -0.3 is 25.4 Å². The molecule has 0 fully saturated rings. The van der Waals surface area contributed by atoms with Crippen molar-refractivity contribution in [2.45, 2.75) is 89.6 Å². The van der Waals surface area contributed by atoms with Gasteiger partial charge in [0.1, 0.15) is 18.6 Å². The van der Waals surface area contributed by atoms with Crippen LogP contribution in [0.4, 0.5) is 11.4 Å². The van der Waals surface area contributed by atoms with E-state index in [1.165, 1.54) is 0 Å². The summed E-state index contributed by atoms with van der Waals surface area (Å²) < 4.78 is 10.3. The van der Waals surface area contributed by atoms with Crippen LogP contribution in [0.5, 0.6) is 0 Å². The van der Waals surface area contributed by atoms with E-state index in [-0.39, 0.29) is 49.0 Å². The zero-order valence-corrected chi connectivity index (χ0v) is 27.4. The molecule has 0 bridgehead atoms. The molecule has 17 heteroatoms. The molecule has 256 valence electrons. The zero-order valence-electron chi connectivity index (χ0n) is 26.5. The molecule has 3 amide bonds. The summed E-state index contributed by atoms with van der Waals surface area (Å²) in [4.78, 5) is 84.1. The Morgan fingerprint density at radius 3 is 2.11 bits per heavy atom. The van der Waals surface area contributed by atoms with Gasteiger partial charge >= 0.3 is 11.9 Å². The lowest BCUT2D eigenvalue weighted by molar-refractivity contribution is -0.396. The van der Waals surface area contributed by atoms with Crippen LogP contribution in [-0.4, -0.2) is 77.1 Å². The van der Waals surface area contributed by atoms with Gasteiger partial charge in [-0.3, -0.25) is 39.4 Å². The Bertz CT molecular complexity index is 1230. The second-order valence-electron chi connectivity index (χ2n) is 10.7. The molecule has 0 aliphatic rings. The Morgan fingerprint density at radius 1 is 0.891 bits per heavy atom. The van der Waals surface area contributed by atoms with Gasteiger partial charge in [-0.05, 0) is 31.2 Å². The summed E-state index contributed by atoms with van der Waals surface area (Å²) >= 11 is 0.793. The molecular formula is C29H43N5O11S. The van der Waals surface area contributed by atoms with Crippen LogP contribution in [0, 0.1) is 26.1 Å². The number of thioether (sulfide) groups is 1. The Balaban J connectivity index is 3.07. The Hall–Kier alpha value is -4.28. The highest BCUT2D eigenvalue weighted by molar-refractivity contribution is 7.99. The third-order valence-electron chi connectivity index (χ3n) is 6.19. The molecule has 1 aromatic carbocycles. The lowest BCUT2D eigenvalue weighted by Gasteiger charge is -2.20. The molecular weight excluding hydrogens is 626 g/mol. The van der Waals surface area contributed by atoms with Gasteiger partial charge in [-0.25, -0.2) is 4.79 Å². The SMILES string of the molecule is CCCCOC(=O)CNC(=O)[C@H](CSc1ccc([N+](=O)[O-])cc1[N+](=O)[O-])NC(=O)CC[C@H](NC(=O)CC(C)C)C(=O)OCCCC. The van der Waals surface area contributed by atoms with Crippen molar-refractivity contribution in [3.63, 3.8) is 0 Å². The van der Waals surface area contributed by atoms with Gasteiger partial charge in [0.2, 0.25) is 17.7 Å². The van der Waals surface area contributed by atoms with Crippen LogP contribution in [0.2, 0.25) is 0 Å². The number of nitrogens with one attached hydrogen (secondary N) is 3. The van der Waals surface area contributed by atoms with E-state index >= 15 is 0 Å². The van der Waals surface area contributed by atoms with Crippen molar-refractivity contribution in [1.29, 1.82) is 0 Å². The van der Waals surface area contributed by atoms with Crippen molar-refractivity contribution in [1.82, 2.24) is 16.0 Å². The number of unbranched alkanes of at least 4 members (excludes halogenated alkanes) is 2. The number of hydrogen-bond acceptors (Lipinski definition) is 12. The highest BCUT2D eigenvalue weighted by Gasteiger charge is 2.28. The minimum absolute atomic E-state index is 0.00405. The van der Waals surface area contributed by atoms with Crippen molar-refractivity contribution in [2.75, 3.05) is 25.5 Å². The highest BCUT2D eigenvalue weighted by atomic mass is 32.2. The van der Waals surface area contributed by atoms with E-state index in [0.29, 0.717) is 12.8 Å². The summed E-state index contributed by atoms with van der Waals surface area (Å²) in [5, 5.41) is 30.1. The Labute approximate surface area is 271 Å². The number of rotatable bonds is 22. The first-order valence-corrected chi connectivity index (χ1v) is 16.0. The topological polar surface area (TPSA) is 226 Å². The van der Waals surface area contributed by atoms with Crippen molar-refractivity contribution in [2.24, 2.45) is 5.92 Å². The quantitative estimate of drug-likeness (QED) is 0.0532. The van der Waals surface area contributed by atoms with E-state index in [0.717, 1.165) is 42.8 Å². The first kappa shape index (κ1) is 39.7. The van der Waals surface area contributed by atoms with E-state index < -0.39 is 69.5 Å². The summed E-state index contributed by atoms with van der Waals surface area (Å²) in [6.45, 7) is 7.31. The molecule has 0 unspecified atom stereocenters. The first-order valence-electron chi connectivity index (χ1n) is 15.0. The van der Waals surface area contributed by atoms with Gasteiger partial charge in [0.15, 0.2) is 0 Å². The summed E-state index contributed by atoms with van der Waals surface area (Å²) in [5.41, 5.74) is -1.06. The maximum Gasteiger partial charge on any atom is 0.328 e. The molecule has 16 nitrogen and oxygen atoms in total. The van der Waals surface area contributed by atoms with Crippen molar-refractivity contribution in [3.8, 4) is 0 Å². The standard InChI is InChI=1S/C29H43N5O11S/c1-5-7-13-44-27(37)17-30-28(38)22(18-46-24-11-9-20(33(40)41)16-23(24)34(42)43)32-25(35)12-10-21(29(39)45-14-8-6-2)31-26(36)15-19(3)4/h9,11,16,19,21-22H,5-8,10,12-15,17-18H2,1-4H3,(H,30,38)(H,31,36)(H,32,35)/t21-,22-/m0/s1. The number of carbonyl (C=O) groups is 5. The summed E-state index contributed by atoms with van der Waals surface area (Å²) in [5.74, 6) is -3.51. The summed E-state index contributed by atoms with van der Waals surface area (Å²) in [7, 11) is 0. The number of non-ortho nitro benzene ring substituents is 1. The maximum absolute atomic E-state index is 13.0. The van der Waals surface area contributed by atoms with E-state index in [2.05, 4.69) is 16.0 Å². The monoisotopic (exact) mass is 669 g/mol. The smallest absolute Gasteiger partial charge is 0.328 e.